The molecule has 4 aliphatic rings. The van der Waals surface area contributed by atoms with Crippen LogP contribution in [0.1, 0.15) is 25.7 Å². The lowest BCUT2D eigenvalue weighted by atomic mass is 10.1. The number of anilines is 2. The number of nitrogens with one attached hydrogen (secondary N) is 1. The lowest BCUT2D eigenvalue weighted by molar-refractivity contribution is 0.142. The van der Waals surface area contributed by atoms with Gasteiger partial charge in [-0.2, -0.15) is 0 Å². The summed E-state index contributed by atoms with van der Waals surface area (Å²) in [5.41, 5.74) is 0.984. The third-order valence-corrected chi connectivity index (χ3v) is 6.57. The molecule has 3 saturated heterocycles. The van der Waals surface area contributed by atoms with Crippen molar-refractivity contribution in [3.63, 3.8) is 0 Å². The molecular weight excluding hydrogens is 395 g/mol. The highest BCUT2D eigenvalue weighted by atomic mass is 32.1. The molecule has 1 aromatic carbocycles. The zero-order valence-corrected chi connectivity index (χ0v) is 17.0. The van der Waals surface area contributed by atoms with Crippen molar-refractivity contribution in [3.05, 3.63) is 17.9 Å². The molecule has 4 heterocycles. The Morgan fingerprint density at radius 3 is 2.90 bits per heavy atom. The fraction of sp³-hybridized carbons (Fsp3) is 0.600. The number of thiocarbonyl (C=S) groups is 1. The van der Waals surface area contributed by atoms with Crippen molar-refractivity contribution in [2.45, 2.75) is 37.8 Å². The molecule has 2 atom stereocenters. The average molecular weight is 421 g/mol. The van der Waals surface area contributed by atoms with E-state index in [0.717, 1.165) is 45.3 Å². The van der Waals surface area contributed by atoms with Crippen LogP contribution in [0.3, 0.4) is 0 Å². The fourth-order valence-electron chi connectivity index (χ4n) is 4.67. The van der Waals surface area contributed by atoms with Gasteiger partial charge in [0.1, 0.15) is 24.1 Å². The van der Waals surface area contributed by atoms with Gasteiger partial charge in [-0.25, -0.2) is 9.18 Å². The second-order valence-corrected chi connectivity index (χ2v) is 8.46. The molecule has 7 nitrogen and oxygen atoms in total. The highest BCUT2D eigenvalue weighted by Crippen LogP contribution is 2.42. The molecule has 3 fully saturated rings. The van der Waals surface area contributed by atoms with E-state index in [1.165, 1.54) is 11.0 Å². The summed E-state index contributed by atoms with van der Waals surface area (Å²) in [5, 5.41) is 3.89. The number of hydrogen-bond acceptors (Lipinski definition) is 5. The zero-order chi connectivity index (χ0) is 20.0. The van der Waals surface area contributed by atoms with Crippen molar-refractivity contribution < 1.29 is 18.7 Å². The maximum Gasteiger partial charge on any atom is 0.414 e. The quantitative estimate of drug-likeness (QED) is 0.754. The maximum absolute atomic E-state index is 14.9. The minimum absolute atomic E-state index is 0.245. The first kappa shape index (κ1) is 18.7. The smallest absolute Gasteiger partial charge is 0.414 e. The van der Waals surface area contributed by atoms with Crippen LogP contribution < -0.4 is 19.9 Å². The van der Waals surface area contributed by atoms with Crippen LogP contribution >= 0.6 is 12.2 Å². The summed E-state index contributed by atoms with van der Waals surface area (Å²) in [6, 6.07) is 3.41. The van der Waals surface area contributed by atoms with Crippen LogP contribution in [-0.4, -0.2) is 67.6 Å². The number of benzene rings is 1. The van der Waals surface area contributed by atoms with Crippen molar-refractivity contribution in [1.29, 1.82) is 0 Å². The Balaban J connectivity index is 1.27. The van der Waals surface area contributed by atoms with E-state index in [1.54, 1.807) is 6.07 Å². The predicted molar refractivity (Wildman–Crippen MR) is 111 cm³/mol. The number of cyclic esters (lactones) is 1. The standard InChI is InChI=1S/C20H25FN4O3S/c21-16-8-14(9-17-18(16)24-7-3-4-13(24)12-27-17)25-11-15(28-20(25)26)10-22-19(29)23-5-1-2-6-23/h8-9,13,15H,1-7,10-12H2,(H,22,29)/t13-,15-/m0/s1. The van der Waals surface area contributed by atoms with Gasteiger partial charge < -0.3 is 24.6 Å². The summed E-state index contributed by atoms with van der Waals surface area (Å²) in [5.74, 6) is 0.149. The first-order chi connectivity index (χ1) is 14.1. The molecule has 1 amide bonds. The maximum atomic E-state index is 14.9. The van der Waals surface area contributed by atoms with Crippen molar-refractivity contribution in [1.82, 2.24) is 10.2 Å². The van der Waals surface area contributed by atoms with Crippen molar-refractivity contribution in [2.24, 2.45) is 0 Å². The average Bonchev–Trinajstić information content (AvgIpc) is 3.46. The van der Waals surface area contributed by atoms with Gasteiger partial charge in [0, 0.05) is 31.8 Å². The Labute approximate surface area is 174 Å². The Morgan fingerprint density at radius 1 is 1.24 bits per heavy atom. The SMILES string of the molecule is O=C1O[C@@H](CNC(=S)N2CCCC2)CN1c1cc(F)c2c(c1)OC[C@@H]1CCCN21. The summed E-state index contributed by atoms with van der Waals surface area (Å²) in [6.45, 7) is 4.12. The molecule has 0 radical (unpaired) electrons. The summed E-state index contributed by atoms with van der Waals surface area (Å²) < 4.78 is 26.2. The van der Waals surface area contributed by atoms with E-state index >= 15 is 0 Å². The molecule has 4 aliphatic heterocycles. The number of carbonyl (C=O) groups excluding carboxylic acids is 1. The van der Waals surface area contributed by atoms with Crippen molar-refractivity contribution in [2.75, 3.05) is 49.1 Å². The van der Waals surface area contributed by atoms with Gasteiger partial charge in [-0.05, 0) is 37.9 Å². The number of rotatable bonds is 3. The van der Waals surface area contributed by atoms with E-state index in [9.17, 15) is 9.18 Å². The van der Waals surface area contributed by atoms with E-state index < -0.39 is 6.09 Å². The van der Waals surface area contributed by atoms with Crippen molar-refractivity contribution >= 4 is 34.8 Å². The van der Waals surface area contributed by atoms with Gasteiger partial charge in [0.15, 0.2) is 10.9 Å². The van der Waals surface area contributed by atoms with Crippen molar-refractivity contribution in [3.8, 4) is 5.75 Å². The number of amides is 1. The molecule has 0 aliphatic carbocycles. The van der Waals surface area contributed by atoms with Gasteiger partial charge in [-0.15, -0.1) is 0 Å². The van der Waals surface area contributed by atoms with Crippen LogP contribution in [0.4, 0.5) is 20.6 Å². The predicted octanol–water partition coefficient (Wildman–Crippen LogP) is 2.48. The van der Waals surface area contributed by atoms with Crippen LogP contribution in [-0.2, 0) is 4.74 Å². The molecule has 0 aromatic heterocycles. The van der Waals surface area contributed by atoms with E-state index in [1.807, 2.05) is 0 Å². The number of likely N-dealkylation sites (tertiary alicyclic amines) is 1. The van der Waals surface area contributed by atoms with Gasteiger partial charge in [-0.1, -0.05) is 0 Å². The van der Waals surface area contributed by atoms with Crippen LogP contribution in [0.15, 0.2) is 12.1 Å². The van der Waals surface area contributed by atoms with E-state index in [2.05, 4.69) is 15.1 Å². The zero-order valence-electron chi connectivity index (χ0n) is 16.2. The first-order valence-corrected chi connectivity index (χ1v) is 10.7. The van der Waals surface area contributed by atoms with Gasteiger partial charge in [0.25, 0.3) is 0 Å². The Kier molecular flexibility index (Phi) is 4.85. The lowest BCUT2D eigenvalue weighted by Gasteiger charge is -2.34. The van der Waals surface area contributed by atoms with E-state index in [-0.39, 0.29) is 18.0 Å². The lowest BCUT2D eigenvalue weighted by Crippen LogP contribution is -2.42. The molecule has 9 heteroatoms. The molecule has 0 spiro atoms. The van der Waals surface area contributed by atoms with Gasteiger partial charge in [-0.3, -0.25) is 4.90 Å². The molecular formula is C20H25FN4O3S. The number of hydrogen-bond donors (Lipinski definition) is 1. The molecule has 1 N–H and O–H groups in total. The molecule has 1 aromatic rings. The molecule has 29 heavy (non-hydrogen) atoms. The van der Waals surface area contributed by atoms with Crippen LogP contribution in [0.5, 0.6) is 5.75 Å². The van der Waals surface area contributed by atoms with E-state index in [4.69, 9.17) is 21.7 Å². The third-order valence-electron chi connectivity index (χ3n) is 6.17. The fourth-order valence-corrected chi connectivity index (χ4v) is 4.93. The highest BCUT2D eigenvalue weighted by molar-refractivity contribution is 7.80. The molecule has 0 saturated carbocycles. The summed E-state index contributed by atoms with van der Waals surface area (Å²) in [4.78, 5) is 18.1. The Morgan fingerprint density at radius 2 is 2.07 bits per heavy atom. The molecule has 0 unspecified atom stereocenters. The second-order valence-electron chi connectivity index (χ2n) is 8.07. The first-order valence-electron chi connectivity index (χ1n) is 10.3. The highest BCUT2D eigenvalue weighted by Gasteiger charge is 2.37. The number of ether oxygens (including phenoxy) is 2. The van der Waals surface area contributed by atoms with Crippen LogP contribution in [0.25, 0.3) is 0 Å². The minimum atomic E-state index is -0.474. The molecule has 156 valence electrons. The third kappa shape index (κ3) is 3.45. The van der Waals surface area contributed by atoms with Gasteiger partial charge in [0.2, 0.25) is 0 Å². The minimum Gasteiger partial charge on any atom is -0.489 e. The Bertz CT molecular complexity index is 832. The summed E-state index contributed by atoms with van der Waals surface area (Å²) in [6.07, 6.45) is 3.55. The van der Waals surface area contributed by atoms with Gasteiger partial charge >= 0.3 is 6.09 Å². The number of halogens is 1. The largest absolute Gasteiger partial charge is 0.489 e. The molecule has 5 rings (SSSR count). The van der Waals surface area contributed by atoms with Crippen LogP contribution in [0.2, 0.25) is 0 Å². The number of nitrogens with zero attached hydrogens (tertiary/aromatic N) is 3. The molecule has 0 bridgehead atoms. The van der Waals surface area contributed by atoms with Gasteiger partial charge in [0.05, 0.1) is 24.8 Å². The summed E-state index contributed by atoms with van der Waals surface area (Å²) >= 11 is 5.41. The van der Waals surface area contributed by atoms with E-state index in [0.29, 0.717) is 41.9 Å². The normalized spacial score (nSPS) is 25.6. The second kappa shape index (κ2) is 7.51. The summed E-state index contributed by atoms with van der Waals surface area (Å²) in [7, 11) is 0. The number of carbonyl (C=O) groups is 1. The van der Waals surface area contributed by atoms with Crippen LogP contribution in [0, 0.1) is 5.82 Å². The topological polar surface area (TPSA) is 57.3 Å². The monoisotopic (exact) mass is 420 g/mol. The Hall–Kier alpha value is -2.29. The number of fused-ring (bicyclic) bond motifs is 3.